The maximum absolute atomic E-state index is 11.9. The van der Waals surface area contributed by atoms with E-state index in [1.165, 1.54) is 27.8 Å². The molecule has 0 aliphatic heterocycles. The van der Waals surface area contributed by atoms with E-state index in [4.69, 9.17) is 0 Å². The lowest BCUT2D eigenvalue weighted by Gasteiger charge is -2.35. The van der Waals surface area contributed by atoms with Gasteiger partial charge in [-0.1, -0.05) is 114 Å². The van der Waals surface area contributed by atoms with Crippen LogP contribution in [0.4, 0.5) is 0 Å². The normalized spacial score (nSPS) is 13.8. The summed E-state index contributed by atoms with van der Waals surface area (Å²) in [6.45, 7) is 29.4. The maximum Gasteiger partial charge on any atom is 0.123 e. The molecule has 2 rings (SSSR count). The van der Waals surface area contributed by atoms with E-state index in [0.29, 0.717) is 12.2 Å². The Hall–Kier alpha value is -2.31. The van der Waals surface area contributed by atoms with Gasteiger partial charge in [0, 0.05) is 29.5 Å². The number of aromatic hydroxyl groups is 1. The molecule has 0 bridgehead atoms. The highest BCUT2D eigenvalue weighted by molar-refractivity contribution is 5.57. The van der Waals surface area contributed by atoms with Gasteiger partial charge < -0.3 is 5.11 Å². The van der Waals surface area contributed by atoms with Gasteiger partial charge in [0.2, 0.25) is 0 Å². The largest absolute Gasteiger partial charge is 0.507 e. The van der Waals surface area contributed by atoms with Crippen LogP contribution in [0.1, 0.15) is 161 Å². The first-order valence-electron chi connectivity index (χ1n) is 15.2. The zero-order valence-corrected chi connectivity index (χ0v) is 27.4. The van der Waals surface area contributed by atoms with Crippen molar-refractivity contribution in [3.05, 3.63) is 69.3 Å². The fourth-order valence-corrected chi connectivity index (χ4v) is 5.30. The summed E-state index contributed by atoms with van der Waals surface area (Å²) in [4.78, 5) is 11.4. The Morgan fingerprint density at radius 3 is 1.54 bits per heavy atom. The summed E-state index contributed by atoms with van der Waals surface area (Å²) in [5, 5.41) is 11.9. The van der Waals surface area contributed by atoms with Crippen molar-refractivity contribution in [2.24, 2.45) is 0 Å². The summed E-state index contributed by atoms with van der Waals surface area (Å²) in [5.41, 5.74) is 8.11. The van der Waals surface area contributed by atoms with Crippen molar-refractivity contribution in [2.75, 3.05) is 0 Å². The van der Waals surface area contributed by atoms with Gasteiger partial charge in [0.25, 0.3) is 0 Å². The Morgan fingerprint density at radius 1 is 0.692 bits per heavy atom. The Kier molecular flexibility index (Phi) is 10.2. The lowest BCUT2D eigenvalue weighted by atomic mass is 9.70. The van der Waals surface area contributed by atoms with Crippen molar-refractivity contribution >= 4 is 5.94 Å². The number of phenols is 1. The Morgan fingerprint density at radius 2 is 1.10 bits per heavy atom. The number of rotatable bonds is 12. The Bertz CT molecular complexity index is 1200. The molecule has 2 aromatic carbocycles. The van der Waals surface area contributed by atoms with Gasteiger partial charge in [-0.25, -0.2) is 4.79 Å². The molecule has 0 amide bonds. The second kappa shape index (κ2) is 12.1. The summed E-state index contributed by atoms with van der Waals surface area (Å²) in [6, 6.07) is 9.25. The molecule has 1 N–H and O–H groups in total. The van der Waals surface area contributed by atoms with Crippen molar-refractivity contribution in [2.45, 2.75) is 150 Å². The second-order valence-corrected chi connectivity index (χ2v) is 14.3. The molecule has 0 aliphatic carbocycles. The highest BCUT2D eigenvalue weighted by Crippen LogP contribution is 2.46. The van der Waals surface area contributed by atoms with E-state index in [-0.39, 0.29) is 27.6 Å². The number of allylic oxidation sites excluding steroid dienone is 1. The van der Waals surface area contributed by atoms with Crippen LogP contribution < -0.4 is 0 Å². The van der Waals surface area contributed by atoms with Crippen molar-refractivity contribution in [3.63, 3.8) is 0 Å². The molecule has 39 heavy (non-hydrogen) atoms. The van der Waals surface area contributed by atoms with E-state index in [0.717, 1.165) is 36.8 Å². The van der Waals surface area contributed by atoms with E-state index >= 15 is 0 Å². The van der Waals surface area contributed by atoms with Crippen molar-refractivity contribution in [3.8, 4) is 5.75 Å². The first kappa shape index (κ1) is 32.9. The highest BCUT2D eigenvalue weighted by atomic mass is 16.3. The number of carbonyl (C=O) groups excluding carboxylic acids is 1. The predicted octanol–water partition coefficient (Wildman–Crippen LogP) is 10.2. The fourth-order valence-electron chi connectivity index (χ4n) is 5.30. The summed E-state index contributed by atoms with van der Waals surface area (Å²) < 4.78 is 0. The average molecular weight is 533 g/mol. The van der Waals surface area contributed by atoms with Crippen LogP contribution in [0, 0.1) is 0 Å². The average Bonchev–Trinajstić information content (AvgIpc) is 2.90. The van der Waals surface area contributed by atoms with Crippen LogP contribution in [0.3, 0.4) is 0 Å². The molecule has 2 aromatic rings. The molecule has 216 valence electrons. The lowest BCUT2D eigenvalue weighted by molar-refractivity contribution is 0.418. The lowest BCUT2D eigenvalue weighted by Crippen LogP contribution is -2.24. The molecular formula is C37H56O2. The molecule has 1 unspecified atom stereocenters. The van der Waals surface area contributed by atoms with Crippen molar-refractivity contribution in [1.29, 1.82) is 0 Å². The minimum absolute atomic E-state index is 0.00869. The predicted molar refractivity (Wildman–Crippen MR) is 169 cm³/mol. The highest BCUT2D eigenvalue weighted by Gasteiger charge is 2.33. The van der Waals surface area contributed by atoms with Crippen LogP contribution in [0.15, 0.2) is 30.3 Å². The molecule has 0 fully saturated rings. The van der Waals surface area contributed by atoms with Crippen LogP contribution in [-0.2, 0) is 32.9 Å². The van der Waals surface area contributed by atoms with Gasteiger partial charge in [-0.15, -0.1) is 0 Å². The van der Waals surface area contributed by atoms with Gasteiger partial charge in [-0.3, -0.25) is 0 Å². The molecule has 0 aromatic heterocycles. The topological polar surface area (TPSA) is 37.3 Å². The molecule has 2 nitrogen and oxygen atoms in total. The third-order valence-electron chi connectivity index (χ3n) is 10.3. The third-order valence-corrected chi connectivity index (χ3v) is 10.3. The molecular weight excluding hydrogens is 476 g/mol. The first-order chi connectivity index (χ1) is 17.9. The number of phenolic OH excluding ortho intramolecular Hbond substituents is 1. The zero-order valence-electron chi connectivity index (χ0n) is 27.4. The minimum atomic E-state index is -0.150. The Labute approximate surface area is 240 Å². The van der Waals surface area contributed by atoms with Crippen LogP contribution in [0.2, 0.25) is 0 Å². The van der Waals surface area contributed by atoms with E-state index in [2.05, 4.69) is 114 Å². The monoisotopic (exact) mass is 532 g/mol. The van der Waals surface area contributed by atoms with Crippen LogP contribution >= 0.6 is 0 Å². The van der Waals surface area contributed by atoms with Gasteiger partial charge in [-0.2, -0.15) is 0 Å². The first-order valence-corrected chi connectivity index (χ1v) is 15.2. The van der Waals surface area contributed by atoms with E-state index < -0.39 is 0 Å². The van der Waals surface area contributed by atoms with Crippen LogP contribution in [0.5, 0.6) is 5.75 Å². The van der Waals surface area contributed by atoms with Gasteiger partial charge in [0.1, 0.15) is 11.7 Å². The van der Waals surface area contributed by atoms with E-state index in [9.17, 15) is 9.90 Å². The zero-order chi connectivity index (χ0) is 30.0. The van der Waals surface area contributed by atoms with Gasteiger partial charge in [-0.05, 0) is 75.2 Å². The molecule has 0 aliphatic rings. The maximum atomic E-state index is 11.9. The van der Waals surface area contributed by atoms with Crippen molar-refractivity contribution < 1.29 is 9.90 Å². The van der Waals surface area contributed by atoms with Gasteiger partial charge in [0.15, 0.2) is 0 Å². The molecule has 0 saturated carbocycles. The van der Waals surface area contributed by atoms with Gasteiger partial charge >= 0.3 is 0 Å². The molecule has 0 saturated heterocycles. The van der Waals surface area contributed by atoms with Crippen LogP contribution in [-0.4, -0.2) is 11.0 Å². The summed E-state index contributed by atoms with van der Waals surface area (Å²) >= 11 is 0. The Balaban J connectivity index is 3.08. The molecule has 2 heteroatoms. The number of hydrogen-bond acceptors (Lipinski definition) is 2. The summed E-state index contributed by atoms with van der Waals surface area (Å²) in [5.74, 6) is 2.41. The number of benzene rings is 2. The quantitative estimate of drug-likeness (QED) is 0.276. The molecule has 0 heterocycles. The summed E-state index contributed by atoms with van der Waals surface area (Å²) in [6.07, 6.45) is 6.14. The van der Waals surface area contributed by atoms with Gasteiger partial charge in [0.05, 0.1) is 0 Å². The number of hydrogen-bond donors (Lipinski definition) is 1. The molecule has 1 atom stereocenters. The standard InChI is InChI=1S/C37H56O2/c1-14-34(6,7)26-21-29(28(19-18-20-38)31(23-26)36(10,11)16-3)25(5)30-22-27(35(8,9)15-2)24-32(33(30)39)37(12,13)17-4/h18,21-25,39H,14-17,19H2,1-13H3. The van der Waals surface area contributed by atoms with Crippen molar-refractivity contribution in [1.82, 2.24) is 0 Å². The SMILES string of the molecule is CCC(C)(C)c1cc(C(C)c2cc(C(C)(C)CC)cc(C(C)(C)CC)c2CC=C=O)c(O)c(C(C)(C)CC)c1. The minimum Gasteiger partial charge on any atom is -0.507 e. The van der Waals surface area contributed by atoms with E-state index in [1.54, 1.807) is 6.08 Å². The van der Waals surface area contributed by atoms with Crippen LogP contribution in [0.25, 0.3) is 0 Å². The molecule has 0 spiro atoms. The summed E-state index contributed by atoms with van der Waals surface area (Å²) in [7, 11) is 0. The third kappa shape index (κ3) is 6.71. The second-order valence-electron chi connectivity index (χ2n) is 14.3. The van der Waals surface area contributed by atoms with E-state index in [1.807, 2.05) is 5.94 Å². The molecule has 0 radical (unpaired) electrons. The smallest absolute Gasteiger partial charge is 0.123 e. The fraction of sp³-hybridized carbons (Fsp3) is 0.622.